The molecule has 0 aliphatic carbocycles. The van der Waals surface area contributed by atoms with Crippen LogP contribution in [0.25, 0.3) is 4.96 Å². The van der Waals surface area contributed by atoms with E-state index in [1.807, 2.05) is 6.92 Å². The molecule has 0 saturated heterocycles. The van der Waals surface area contributed by atoms with E-state index in [0.717, 1.165) is 28.4 Å². The van der Waals surface area contributed by atoms with E-state index in [2.05, 4.69) is 23.9 Å². The second-order valence-electron chi connectivity index (χ2n) is 3.99. The third kappa shape index (κ3) is 1.79. The minimum Gasteiger partial charge on any atom is -0.296 e. The number of imidazole rings is 1. The van der Waals surface area contributed by atoms with E-state index in [1.54, 1.807) is 15.9 Å². The van der Waals surface area contributed by atoms with E-state index in [0.29, 0.717) is 11.6 Å². The summed E-state index contributed by atoms with van der Waals surface area (Å²) in [7, 11) is 0. The molecule has 2 heterocycles. The second-order valence-corrected chi connectivity index (χ2v) is 5.03. The van der Waals surface area contributed by atoms with Gasteiger partial charge in [0.05, 0.1) is 5.69 Å². The lowest BCUT2D eigenvalue weighted by Crippen LogP contribution is -1.97. The molecular weight excluding hydrogens is 210 g/mol. The van der Waals surface area contributed by atoms with Crippen LogP contribution in [0.3, 0.4) is 0 Å². The monoisotopic (exact) mass is 223 g/mol. The van der Waals surface area contributed by atoms with Gasteiger partial charge in [0, 0.05) is 6.42 Å². The van der Waals surface area contributed by atoms with E-state index in [9.17, 15) is 4.79 Å². The van der Waals surface area contributed by atoms with Crippen LogP contribution in [0.2, 0.25) is 0 Å². The maximum absolute atomic E-state index is 10.8. The number of rotatable bonds is 3. The molecule has 2 rings (SSSR count). The summed E-state index contributed by atoms with van der Waals surface area (Å²) >= 11 is 1.56. The summed E-state index contributed by atoms with van der Waals surface area (Å²) in [6.07, 6.45) is 1.75. The molecule has 2 aromatic rings. The zero-order chi connectivity index (χ0) is 11.0. The highest BCUT2D eigenvalue weighted by molar-refractivity contribution is 7.16. The Hall–Kier alpha value is -1.23. The summed E-state index contributed by atoms with van der Waals surface area (Å²) in [6.45, 7) is 6.12. The zero-order valence-corrected chi connectivity index (χ0v) is 9.84. The van der Waals surface area contributed by atoms with E-state index in [-0.39, 0.29) is 0 Å². The first kappa shape index (κ1) is 10.3. The van der Waals surface area contributed by atoms with Crippen LogP contribution in [0.15, 0.2) is 0 Å². The predicted octanol–water partition coefficient (Wildman–Crippen LogP) is 2.11. The molecule has 0 unspecified atom stereocenters. The smallest absolute Gasteiger partial charge is 0.213 e. The van der Waals surface area contributed by atoms with Crippen molar-refractivity contribution in [3.05, 3.63) is 16.4 Å². The number of aromatic nitrogens is 3. The fourth-order valence-electron chi connectivity index (χ4n) is 1.47. The van der Waals surface area contributed by atoms with Crippen LogP contribution in [0.4, 0.5) is 0 Å². The Balaban J connectivity index is 2.48. The molecule has 4 nitrogen and oxygen atoms in total. The largest absolute Gasteiger partial charge is 0.296 e. The van der Waals surface area contributed by atoms with Gasteiger partial charge in [0.15, 0.2) is 6.29 Å². The fraction of sp³-hybridized carbons (Fsp3) is 0.500. The highest BCUT2D eigenvalue weighted by Crippen LogP contribution is 2.19. The number of hydrogen-bond donors (Lipinski definition) is 0. The van der Waals surface area contributed by atoms with Crippen molar-refractivity contribution in [1.29, 1.82) is 0 Å². The van der Waals surface area contributed by atoms with Crippen molar-refractivity contribution in [2.45, 2.75) is 27.2 Å². The number of carbonyl (C=O) groups is 1. The van der Waals surface area contributed by atoms with Gasteiger partial charge in [-0.25, -0.2) is 4.98 Å². The lowest BCUT2D eigenvalue weighted by Gasteiger charge is -1.97. The SMILES string of the molecule is Cc1nc2sc(CC(C)C)nn2c1C=O. The van der Waals surface area contributed by atoms with Gasteiger partial charge >= 0.3 is 0 Å². The van der Waals surface area contributed by atoms with Gasteiger partial charge in [-0.2, -0.15) is 9.61 Å². The highest BCUT2D eigenvalue weighted by atomic mass is 32.1. The predicted molar refractivity (Wildman–Crippen MR) is 59.5 cm³/mol. The molecule has 15 heavy (non-hydrogen) atoms. The summed E-state index contributed by atoms with van der Waals surface area (Å²) in [5, 5.41) is 5.42. The topological polar surface area (TPSA) is 47.3 Å². The van der Waals surface area contributed by atoms with Crippen LogP contribution in [-0.2, 0) is 6.42 Å². The summed E-state index contributed by atoms with van der Waals surface area (Å²) in [5.74, 6) is 0.571. The number of fused-ring (bicyclic) bond motifs is 1. The average Bonchev–Trinajstić information content (AvgIpc) is 2.59. The van der Waals surface area contributed by atoms with Gasteiger partial charge in [0.1, 0.15) is 10.7 Å². The van der Waals surface area contributed by atoms with E-state index in [4.69, 9.17) is 0 Å². The minimum absolute atomic E-state index is 0.566. The lowest BCUT2D eigenvalue weighted by atomic mass is 10.1. The van der Waals surface area contributed by atoms with Crippen molar-refractivity contribution in [3.63, 3.8) is 0 Å². The van der Waals surface area contributed by atoms with Crippen molar-refractivity contribution in [2.24, 2.45) is 5.92 Å². The highest BCUT2D eigenvalue weighted by Gasteiger charge is 2.13. The Labute approximate surface area is 91.9 Å². The van der Waals surface area contributed by atoms with E-state index < -0.39 is 0 Å². The molecule has 0 aromatic carbocycles. The average molecular weight is 223 g/mol. The maximum atomic E-state index is 10.8. The molecule has 0 fully saturated rings. The third-order valence-electron chi connectivity index (χ3n) is 2.16. The van der Waals surface area contributed by atoms with Gasteiger partial charge in [0.2, 0.25) is 4.96 Å². The summed E-state index contributed by atoms with van der Waals surface area (Å²) < 4.78 is 1.64. The van der Waals surface area contributed by atoms with Crippen molar-refractivity contribution in [1.82, 2.24) is 14.6 Å². The number of hydrogen-bond acceptors (Lipinski definition) is 4. The number of aryl methyl sites for hydroxylation is 1. The first-order valence-corrected chi connectivity index (χ1v) is 5.73. The van der Waals surface area contributed by atoms with Gasteiger partial charge in [-0.05, 0) is 12.8 Å². The number of carbonyl (C=O) groups excluding carboxylic acids is 1. The quantitative estimate of drug-likeness (QED) is 0.749. The van der Waals surface area contributed by atoms with Crippen LogP contribution in [0.1, 0.15) is 35.0 Å². The van der Waals surface area contributed by atoms with Gasteiger partial charge in [0.25, 0.3) is 0 Å². The first-order valence-electron chi connectivity index (χ1n) is 4.92. The molecule has 0 bridgehead atoms. The molecule has 80 valence electrons. The van der Waals surface area contributed by atoms with Crippen LogP contribution in [0.5, 0.6) is 0 Å². The van der Waals surface area contributed by atoms with Crippen molar-refractivity contribution in [2.75, 3.05) is 0 Å². The summed E-state index contributed by atoms with van der Waals surface area (Å²) in [6, 6.07) is 0. The molecule has 0 spiro atoms. The van der Waals surface area contributed by atoms with Gasteiger partial charge < -0.3 is 0 Å². The Kier molecular flexibility index (Phi) is 2.56. The molecule has 2 aromatic heterocycles. The molecular formula is C10H13N3OS. The first-order chi connectivity index (χ1) is 7.11. The molecule has 0 radical (unpaired) electrons. The summed E-state index contributed by atoms with van der Waals surface area (Å²) in [4.78, 5) is 15.9. The molecule has 0 aliphatic rings. The maximum Gasteiger partial charge on any atom is 0.213 e. The van der Waals surface area contributed by atoms with Crippen molar-refractivity contribution < 1.29 is 4.79 Å². The fourth-order valence-corrected chi connectivity index (χ4v) is 2.63. The standard InChI is InChI=1S/C10H13N3OS/c1-6(2)4-9-12-13-8(5-14)7(3)11-10(13)15-9/h5-6H,4H2,1-3H3. The molecule has 0 amide bonds. The molecule has 0 N–H and O–H groups in total. The Morgan fingerprint density at radius 1 is 1.53 bits per heavy atom. The van der Waals surface area contributed by atoms with Crippen molar-refractivity contribution >= 4 is 22.6 Å². The summed E-state index contributed by atoms with van der Waals surface area (Å²) in [5.41, 5.74) is 1.32. The third-order valence-corrected chi connectivity index (χ3v) is 3.09. The van der Waals surface area contributed by atoms with Crippen LogP contribution < -0.4 is 0 Å². The molecule has 5 heteroatoms. The van der Waals surface area contributed by atoms with Crippen molar-refractivity contribution in [3.8, 4) is 0 Å². The van der Waals surface area contributed by atoms with Crippen LogP contribution in [0, 0.1) is 12.8 Å². The van der Waals surface area contributed by atoms with Gasteiger partial charge in [-0.1, -0.05) is 25.2 Å². The van der Waals surface area contributed by atoms with E-state index in [1.165, 1.54) is 0 Å². The normalized spacial score (nSPS) is 11.5. The van der Waals surface area contributed by atoms with Gasteiger partial charge in [-0.3, -0.25) is 4.79 Å². The Bertz CT molecular complexity index is 498. The zero-order valence-electron chi connectivity index (χ0n) is 9.02. The van der Waals surface area contributed by atoms with Crippen LogP contribution in [-0.4, -0.2) is 20.9 Å². The Morgan fingerprint density at radius 3 is 2.87 bits per heavy atom. The molecule has 0 atom stereocenters. The number of nitrogens with zero attached hydrogens (tertiary/aromatic N) is 3. The minimum atomic E-state index is 0.566. The van der Waals surface area contributed by atoms with Crippen LogP contribution >= 0.6 is 11.3 Å². The lowest BCUT2D eigenvalue weighted by molar-refractivity contribution is 0.111. The molecule has 0 saturated carbocycles. The number of aldehydes is 1. The Morgan fingerprint density at radius 2 is 2.27 bits per heavy atom. The second kappa shape index (κ2) is 3.73. The van der Waals surface area contributed by atoms with Gasteiger partial charge in [-0.15, -0.1) is 0 Å². The van der Waals surface area contributed by atoms with E-state index >= 15 is 0 Å². The molecule has 0 aliphatic heterocycles.